The van der Waals surface area contributed by atoms with Gasteiger partial charge < -0.3 is 10.2 Å². The van der Waals surface area contributed by atoms with Gasteiger partial charge in [0.05, 0.1) is 16.6 Å². The summed E-state index contributed by atoms with van der Waals surface area (Å²) in [6, 6.07) is 5.91. The van der Waals surface area contributed by atoms with Gasteiger partial charge in [0, 0.05) is 24.5 Å². The summed E-state index contributed by atoms with van der Waals surface area (Å²) in [6.45, 7) is 4.70. The third-order valence-corrected chi connectivity index (χ3v) is 4.91. The predicted molar refractivity (Wildman–Crippen MR) is 88.4 cm³/mol. The summed E-state index contributed by atoms with van der Waals surface area (Å²) >= 11 is 1.55. The topological polar surface area (TPSA) is 58.1 Å². The van der Waals surface area contributed by atoms with Crippen molar-refractivity contribution in [2.45, 2.75) is 32.7 Å². The van der Waals surface area contributed by atoms with Gasteiger partial charge in [-0.15, -0.1) is 11.3 Å². The van der Waals surface area contributed by atoms with Crippen LogP contribution in [0.3, 0.4) is 0 Å². The van der Waals surface area contributed by atoms with E-state index in [0.29, 0.717) is 0 Å². The van der Waals surface area contributed by atoms with Crippen LogP contribution >= 0.6 is 11.3 Å². The van der Waals surface area contributed by atoms with E-state index in [1.165, 1.54) is 0 Å². The number of carbonyl (C=O) groups is 1. The number of hydrogen-bond acceptors (Lipinski definition) is 5. The number of anilines is 1. The zero-order valence-corrected chi connectivity index (χ0v) is 13.9. The lowest BCUT2D eigenvalue weighted by atomic mass is 10.1. The number of likely N-dealkylation sites (tertiary alicyclic amines) is 1. The Kier molecular flexibility index (Phi) is 4.11. The fourth-order valence-electron chi connectivity index (χ4n) is 2.90. The molecule has 0 saturated carbocycles. The number of hydrogen-bond donors (Lipinski definition) is 1. The molecule has 1 unspecified atom stereocenters. The van der Waals surface area contributed by atoms with Crippen molar-refractivity contribution in [2.24, 2.45) is 0 Å². The second-order valence-corrected chi connectivity index (χ2v) is 6.83. The molecular weight excluding hydrogens is 296 g/mol. The number of thiophene rings is 1. The van der Waals surface area contributed by atoms with E-state index in [-0.39, 0.29) is 11.9 Å². The fourth-order valence-corrected chi connectivity index (χ4v) is 3.72. The van der Waals surface area contributed by atoms with Crippen molar-refractivity contribution in [3.63, 3.8) is 0 Å². The highest BCUT2D eigenvalue weighted by Gasteiger charge is 2.32. The van der Waals surface area contributed by atoms with Crippen molar-refractivity contribution in [1.29, 1.82) is 0 Å². The SMILES string of the molecule is CNc1cc(C2CCCN2C(=O)c2ccc(C)s2)nc(C)n1. The summed E-state index contributed by atoms with van der Waals surface area (Å²) in [6.07, 6.45) is 1.97. The molecule has 6 heteroatoms. The van der Waals surface area contributed by atoms with Crippen molar-refractivity contribution in [3.05, 3.63) is 39.5 Å². The van der Waals surface area contributed by atoms with Crippen molar-refractivity contribution >= 4 is 23.1 Å². The molecule has 1 aliphatic heterocycles. The number of carbonyl (C=O) groups excluding carboxylic acids is 1. The third kappa shape index (κ3) is 2.83. The molecule has 116 valence electrons. The molecule has 1 amide bonds. The summed E-state index contributed by atoms with van der Waals surface area (Å²) in [4.78, 5) is 25.6. The van der Waals surface area contributed by atoms with Gasteiger partial charge in [0.15, 0.2) is 0 Å². The van der Waals surface area contributed by atoms with Crippen LogP contribution in [-0.2, 0) is 0 Å². The van der Waals surface area contributed by atoms with Gasteiger partial charge in [0.2, 0.25) is 0 Å². The van der Waals surface area contributed by atoms with E-state index in [0.717, 1.165) is 46.5 Å². The first-order chi connectivity index (χ1) is 10.6. The Balaban J connectivity index is 1.90. The van der Waals surface area contributed by atoms with Gasteiger partial charge in [-0.25, -0.2) is 9.97 Å². The Bertz CT molecular complexity index is 697. The molecule has 1 aliphatic rings. The predicted octanol–water partition coefficient (Wildman–Crippen LogP) is 3.17. The smallest absolute Gasteiger partial charge is 0.264 e. The number of amides is 1. The third-order valence-electron chi connectivity index (χ3n) is 3.92. The minimum Gasteiger partial charge on any atom is -0.373 e. The highest BCUT2D eigenvalue weighted by Crippen LogP contribution is 2.33. The minimum atomic E-state index is 0.0451. The average molecular weight is 316 g/mol. The van der Waals surface area contributed by atoms with E-state index in [1.807, 2.05) is 44.0 Å². The first-order valence-corrected chi connectivity index (χ1v) is 8.31. The standard InChI is InChI=1S/C16H20N4OS/c1-10-6-7-14(22-10)16(21)20-8-4-5-13(20)12-9-15(17-3)19-11(2)18-12/h6-7,9,13H,4-5,8H2,1-3H3,(H,17,18,19). The first-order valence-electron chi connectivity index (χ1n) is 7.49. The van der Waals surface area contributed by atoms with Crippen molar-refractivity contribution in [3.8, 4) is 0 Å². The number of rotatable bonds is 3. The molecule has 22 heavy (non-hydrogen) atoms. The molecule has 0 radical (unpaired) electrons. The first kappa shape index (κ1) is 15.0. The van der Waals surface area contributed by atoms with E-state index < -0.39 is 0 Å². The second kappa shape index (κ2) is 6.04. The molecule has 1 N–H and O–H groups in total. The van der Waals surface area contributed by atoms with Crippen LogP contribution in [0.2, 0.25) is 0 Å². The summed E-state index contributed by atoms with van der Waals surface area (Å²) in [5.41, 5.74) is 0.927. The van der Waals surface area contributed by atoms with Crippen LogP contribution in [0.5, 0.6) is 0 Å². The van der Waals surface area contributed by atoms with Gasteiger partial charge in [0.25, 0.3) is 5.91 Å². The molecular formula is C16H20N4OS. The van der Waals surface area contributed by atoms with E-state index in [9.17, 15) is 4.79 Å². The Morgan fingerprint density at radius 1 is 1.36 bits per heavy atom. The molecule has 0 bridgehead atoms. The zero-order chi connectivity index (χ0) is 15.7. The highest BCUT2D eigenvalue weighted by molar-refractivity contribution is 7.13. The maximum Gasteiger partial charge on any atom is 0.264 e. The summed E-state index contributed by atoms with van der Waals surface area (Å²) in [5, 5.41) is 3.06. The lowest BCUT2D eigenvalue weighted by molar-refractivity contribution is 0.0737. The Labute approximate surface area is 134 Å². The van der Waals surface area contributed by atoms with Crippen molar-refractivity contribution < 1.29 is 4.79 Å². The number of aromatic nitrogens is 2. The number of nitrogens with zero attached hydrogens (tertiary/aromatic N) is 3. The molecule has 3 heterocycles. The Morgan fingerprint density at radius 2 is 2.18 bits per heavy atom. The summed E-state index contributed by atoms with van der Waals surface area (Å²) in [7, 11) is 1.84. The molecule has 0 aromatic carbocycles. The van der Waals surface area contributed by atoms with E-state index >= 15 is 0 Å². The van der Waals surface area contributed by atoms with Crippen LogP contribution in [0.4, 0.5) is 5.82 Å². The molecule has 1 saturated heterocycles. The summed E-state index contributed by atoms with van der Waals surface area (Å²) in [5.74, 6) is 1.64. The average Bonchev–Trinajstić information content (AvgIpc) is 3.14. The van der Waals surface area contributed by atoms with Gasteiger partial charge in [0.1, 0.15) is 11.6 Å². The maximum atomic E-state index is 12.8. The monoisotopic (exact) mass is 316 g/mol. The lowest BCUT2D eigenvalue weighted by Gasteiger charge is -2.24. The minimum absolute atomic E-state index is 0.0451. The van der Waals surface area contributed by atoms with Gasteiger partial charge >= 0.3 is 0 Å². The molecule has 1 fully saturated rings. The van der Waals surface area contributed by atoms with Crippen LogP contribution in [0.15, 0.2) is 18.2 Å². The molecule has 3 rings (SSSR count). The highest BCUT2D eigenvalue weighted by atomic mass is 32.1. The summed E-state index contributed by atoms with van der Waals surface area (Å²) < 4.78 is 0. The molecule has 2 aromatic rings. The van der Waals surface area contributed by atoms with Crippen molar-refractivity contribution in [1.82, 2.24) is 14.9 Å². The van der Waals surface area contributed by atoms with Crippen LogP contribution in [-0.4, -0.2) is 34.4 Å². The van der Waals surface area contributed by atoms with Gasteiger partial charge in [-0.05, 0) is 38.8 Å². The van der Waals surface area contributed by atoms with Gasteiger partial charge in [-0.3, -0.25) is 4.79 Å². The van der Waals surface area contributed by atoms with Gasteiger partial charge in [-0.1, -0.05) is 0 Å². The van der Waals surface area contributed by atoms with Crippen LogP contribution in [0, 0.1) is 13.8 Å². The zero-order valence-electron chi connectivity index (χ0n) is 13.1. The molecule has 0 aliphatic carbocycles. The Hall–Kier alpha value is -1.95. The molecule has 0 spiro atoms. The lowest BCUT2D eigenvalue weighted by Crippen LogP contribution is -2.30. The van der Waals surface area contributed by atoms with Crippen LogP contribution < -0.4 is 5.32 Å². The quantitative estimate of drug-likeness (QED) is 0.945. The molecule has 1 atom stereocenters. The molecule has 5 nitrogen and oxygen atoms in total. The van der Waals surface area contributed by atoms with E-state index in [4.69, 9.17) is 0 Å². The van der Waals surface area contributed by atoms with E-state index in [1.54, 1.807) is 11.3 Å². The van der Waals surface area contributed by atoms with Gasteiger partial charge in [-0.2, -0.15) is 0 Å². The fraction of sp³-hybridized carbons (Fsp3) is 0.438. The molecule has 2 aromatic heterocycles. The maximum absolute atomic E-state index is 12.8. The van der Waals surface area contributed by atoms with E-state index in [2.05, 4.69) is 15.3 Å². The van der Waals surface area contributed by atoms with Crippen LogP contribution in [0.1, 0.15) is 45.0 Å². The Morgan fingerprint density at radius 3 is 2.86 bits per heavy atom. The number of aryl methyl sites for hydroxylation is 2. The largest absolute Gasteiger partial charge is 0.373 e. The van der Waals surface area contributed by atoms with Crippen LogP contribution in [0.25, 0.3) is 0 Å². The van der Waals surface area contributed by atoms with Crippen molar-refractivity contribution in [2.75, 3.05) is 18.9 Å². The normalized spacial score (nSPS) is 17.8. The second-order valence-electron chi connectivity index (χ2n) is 5.54. The number of nitrogens with one attached hydrogen (secondary N) is 1.